The van der Waals surface area contributed by atoms with Gasteiger partial charge in [0.2, 0.25) is 10.0 Å². The molecule has 2 heterocycles. The van der Waals surface area contributed by atoms with E-state index in [0.717, 1.165) is 24.3 Å². The highest BCUT2D eigenvalue weighted by atomic mass is 32.2. The summed E-state index contributed by atoms with van der Waals surface area (Å²) in [6, 6.07) is 12.6. The van der Waals surface area contributed by atoms with Gasteiger partial charge < -0.3 is 15.5 Å². The van der Waals surface area contributed by atoms with Crippen LogP contribution in [0, 0.1) is 0 Å². The first-order valence-corrected chi connectivity index (χ1v) is 10.4. The van der Waals surface area contributed by atoms with E-state index in [4.69, 9.17) is 5.14 Å². The molecule has 1 aromatic heterocycles. The lowest BCUT2D eigenvalue weighted by Crippen LogP contribution is -2.43. The van der Waals surface area contributed by atoms with Crippen LogP contribution >= 0.6 is 0 Å². The van der Waals surface area contributed by atoms with Gasteiger partial charge in [0.25, 0.3) is 0 Å². The van der Waals surface area contributed by atoms with Gasteiger partial charge in [-0.3, -0.25) is 0 Å². The molecule has 0 aliphatic carbocycles. The number of urea groups is 1. The number of nitrogens with zero attached hydrogens (tertiary/aromatic N) is 2. The quantitative estimate of drug-likeness (QED) is 0.680. The number of nitrogens with one attached hydrogen (secondary N) is 2. The summed E-state index contributed by atoms with van der Waals surface area (Å²) >= 11 is 0. The summed E-state index contributed by atoms with van der Waals surface area (Å²) in [5, 5.41) is 10.8. The maximum absolute atomic E-state index is 12.2. The van der Waals surface area contributed by atoms with E-state index in [1.165, 1.54) is 0 Å². The Hall–Kier alpha value is -2.65. The number of benzene rings is 1. The third kappa shape index (κ3) is 5.93. The zero-order chi connectivity index (χ0) is 19.3. The fourth-order valence-corrected chi connectivity index (χ4v) is 3.75. The second-order valence-electron chi connectivity index (χ2n) is 6.57. The SMILES string of the molecule is NS(=O)(=O)Cc1cccc(CNC(=O)NC2CCN(c3ccccn3)C2)c1. The van der Waals surface area contributed by atoms with E-state index < -0.39 is 10.0 Å². The summed E-state index contributed by atoms with van der Waals surface area (Å²) in [4.78, 5) is 18.6. The molecule has 1 atom stereocenters. The monoisotopic (exact) mass is 389 g/mol. The number of nitrogens with two attached hydrogens (primary N) is 1. The second kappa shape index (κ2) is 8.36. The van der Waals surface area contributed by atoms with Gasteiger partial charge in [0.05, 0.1) is 5.75 Å². The van der Waals surface area contributed by atoms with Crippen molar-refractivity contribution in [2.75, 3.05) is 18.0 Å². The molecule has 27 heavy (non-hydrogen) atoms. The third-order valence-corrected chi connectivity index (χ3v) is 5.04. The van der Waals surface area contributed by atoms with Gasteiger partial charge in [-0.1, -0.05) is 30.3 Å². The number of amides is 2. The molecule has 8 nitrogen and oxygen atoms in total. The minimum Gasteiger partial charge on any atom is -0.354 e. The van der Waals surface area contributed by atoms with Crippen molar-refractivity contribution in [3.05, 3.63) is 59.8 Å². The average Bonchev–Trinajstić information content (AvgIpc) is 3.08. The van der Waals surface area contributed by atoms with Gasteiger partial charge in [0.15, 0.2) is 0 Å². The highest BCUT2D eigenvalue weighted by Gasteiger charge is 2.24. The van der Waals surface area contributed by atoms with E-state index in [9.17, 15) is 13.2 Å². The molecule has 1 aromatic carbocycles. The van der Waals surface area contributed by atoms with Crippen LogP contribution in [-0.4, -0.2) is 38.6 Å². The van der Waals surface area contributed by atoms with Crippen LogP contribution in [0.25, 0.3) is 0 Å². The van der Waals surface area contributed by atoms with Gasteiger partial charge in [-0.15, -0.1) is 0 Å². The summed E-state index contributed by atoms with van der Waals surface area (Å²) < 4.78 is 22.4. The summed E-state index contributed by atoms with van der Waals surface area (Å²) in [6.07, 6.45) is 2.61. The minimum atomic E-state index is -3.58. The maximum Gasteiger partial charge on any atom is 0.315 e. The van der Waals surface area contributed by atoms with Crippen LogP contribution in [0.15, 0.2) is 48.7 Å². The van der Waals surface area contributed by atoms with Crippen molar-refractivity contribution >= 4 is 21.9 Å². The Labute approximate surface area is 158 Å². The van der Waals surface area contributed by atoms with Gasteiger partial charge in [0, 0.05) is 31.9 Å². The summed E-state index contributed by atoms with van der Waals surface area (Å²) in [7, 11) is -3.58. The Bertz CT molecular complexity index is 889. The van der Waals surface area contributed by atoms with Crippen molar-refractivity contribution in [2.24, 2.45) is 5.14 Å². The molecule has 4 N–H and O–H groups in total. The van der Waals surface area contributed by atoms with Crippen molar-refractivity contribution in [3.8, 4) is 0 Å². The standard InChI is InChI=1S/C18H23N5O3S/c19-27(25,26)13-15-5-3-4-14(10-15)11-21-18(24)22-16-7-9-23(12-16)17-6-1-2-8-20-17/h1-6,8,10,16H,7,9,11-13H2,(H2,19,25,26)(H2,21,22,24). The molecule has 0 saturated carbocycles. The number of carbonyl (C=O) groups is 1. The first-order chi connectivity index (χ1) is 12.9. The summed E-state index contributed by atoms with van der Waals surface area (Å²) in [6.45, 7) is 1.87. The smallest absolute Gasteiger partial charge is 0.315 e. The highest BCUT2D eigenvalue weighted by molar-refractivity contribution is 7.88. The molecule has 9 heteroatoms. The molecule has 1 saturated heterocycles. The predicted octanol–water partition coefficient (Wildman–Crippen LogP) is 0.948. The Kier molecular flexibility index (Phi) is 5.92. The van der Waals surface area contributed by atoms with Crippen molar-refractivity contribution in [1.82, 2.24) is 15.6 Å². The van der Waals surface area contributed by atoms with Gasteiger partial charge in [0.1, 0.15) is 5.82 Å². The molecule has 0 radical (unpaired) electrons. The number of anilines is 1. The molecule has 0 bridgehead atoms. The number of primary sulfonamides is 1. The predicted molar refractivity (Wildman–Crippen MR) is 103 cm³/mol. The summed E-state index contributed by atoms with van der Waals surface area (Å²) in [5.41, 5.74) is 1.41. The molecule has 2 aromatic rings. The Morgan fingerprint density at radius 2 is 2.04 bits per heavy atom. The lowest BCUT2D eigenvalue weighted by molar-refractivity contribution is 0.237. The lowest BCUT2D eigenvalue weighted by atomic mass is 10.1. The van der Waals surface area contributed by atoms with E-state index in [-0.39, 0.29) is 17.8 Å². The van der Waals surface area contributed by atoms with E-state index >= 15 is 0 Å². The lowest BCUT2D eigenvalue weighted by Gasteiger charge is -2.18. The van der Waals surface area contributed by atoms with Crippen LogP contribution in [0.1, 0.15) is 17.5 Å². The first-order valence-electron chi connectivity index (χ1n) is 8.68. The van der Waals surface area contributed by atoms with Gasteiger partial charge in [-0.05, 0) is 29.7 Å². The maximum atomic E-state index is 12.2. The van der Waals surface area contributed by atoms with Crippen molar-refractivity contribution < 1.29 is 13.2 Å². The highest BCUT2D eigenvalue weighted by Crippen LogP contribution is 2.17. The molecule has 0 spiro atoms. The topological polar surface area (TPSA) is 117 Å². The van der Waals surface area contributed by atoms with E-state index in [2.05, 4.69) is 20.5 Å². The number of hydrogen-bond acceptors (Lipinski definition) is 5. The number of aromatic nitrogens is 1. The van der Waals surface area contributed by atoms with Gasteiger partial charge in [-0.2, -0.15) is 0 Å². The molecule has 1 fully saturated rings. The molecule has 3 rings (SSSR count). The first kappa shape index (κ1) is 19.1. The zero-order valence-corrected chi connectivity index (χ0v) is 15.7. The Morgan fingerprint density at radius 3 is 2.78 bits per heavy atom. The van der Waals surface area contributed by atoms with Crippen molar-refractivity contribution in [2.45, 2.75) is 24.8 Å². The van der Waals surface area contributed by atoms with E-state index in [1.54, 1.807) is 24.4 Å². The largest absolute Gasteiger partial charge is 0.354 e. The average molecular weight is 389 g/mol. The van der Waals surface area contributed by atoms with Crippen LogP contribution < -0.4 is 20.7 Å². The fraction of sp³-hybridized carbons (Fsp3) is 0.333. The summed E-state index contributed by atoms with van der Waals surface area (Å²) in [5.74, 6) is 0.687. The number of carbonyl (C=O) groups excluding carboxylic acids is 1. The van der Waals surface area contributed by atoms with Crippen molar-refractivity contribution in [1.29, 1.82) is 0 Å². The fourth-order valence-electron chi connectivity index (χ4n) is 3.11. The Balaban J connectivity index is 1.47. The van der Waals surface area contributed by atoms with Crippen LogP contribution in [0.3, 0.4) is 0 Å². The van der Waals surface area contributed by atoms with Crippen LogP contribution in [0.2, 0.25) is 0 Å². The normalized spacial score (nSPS) is 16.9. The zero-order valence-electron chi connectivity index (χ0n) is 14.8. The molecule has 2 amide bonds. The van der Waals surface area contributed by atoms with Crippen LogP contribution in [-0.2, 0) is 22.3 Å². The molecular formula is C18H23N5O3S. The molecule has 1 aliphatic rings. The number of pyridine rings is 1. The van der Waals surface area contributed by atoms with E-state index in [1.807, 2.05) is 24.3 Å². The minimum absolute atomic E-state index is 0.0562. The number of hydrogen-bond donors (Lipinski definition) is 3. The van der Waals surface area contributed by atoms with Crippen molar-refractivity contribution in [3.63, 3.8) is 0 Å². The van der Waals surface area contributed by atoms with Gasteiger partial charge in [-0.25, -0.2) is 23.3 Å². The number of sulfonamides is 1. The van der Waals surface area contributed by atoms with Gasteiger partial charge >= 0.3 is 6.03 Å². The Morgan fingerprint density at radius 1 is 1.22 bits per heavy atom. The molecule has 144 valence electrons. The van der Waals surface area contributed by atoms with Crippen LogP contribution in [0.4, 0.5) is 10.6 Å². The molecular weight excluding hydrogens is 366 g/mol. The van der Waals surface area contributed by atoms with Crippen LogP contribution in [0.5, 0.6) is 0 Å². The molecule has 1 aliphatic heterocycles. The molecule has 1 unspecified atom stereocenters. The number of rotatable bonds is 6. The second-order valence-corrected chi connectivity index (χ2v) is 8.19. The third-order valence-electron chi connectivity index (χ3n) is 4.31. The van der Waals surface area contributed by atoms with E-state index in [0.29, 0.717) is 18.7 Å².